The first-order valence-electron chi connectivity index (χ1n) is 6.86. The fourth-order valence-corrected chi connectivity index (χ4v) is 3.83. The lowest BCUT2D eigenvalue weighted by atomic mass is 9.97. The van der Waals surface area contributed by atoms with Crippen molar-refractivity contribution in [3.63, 3.8) is 0 Å². The fraction of sp³-hybridized carbons (Fsp3) is 0.923. The molecule has 5 heteroatoms. The molecule has 2 aliphatic rings. The van der Waals surface area contributed by atoms with E-state index >= 15 is 0 Å². The third kappa shape index (κ3) is 3.54. The average molecular weight is 270 g/mol. The minimum Gasteiger partial charge on any atom is -0.356 e. The molecule has 1 heterocycles. The molecule has 2 rings (SSSR count). The van der Waals surface area contributed by atoms with Crippen molar-refractivity contribution in [3.05, 3.63) is 0 Å². The van der Waals surface area contributed by atoms with Gasteiger partial charge in [-0.05, 0) is 45.0 Å². The van der Waals surface area contributed by atoms with Crippen LogP contribution in [0.3, 0.4) is 0 Å². The highest BCUT2D eigenvalue weighted by Crippen LogP contribution is 2.31. The fourth-order valence-electron chi connectivity index (χ4n) is 2.28. The molecule has 1 aliphatic carbocycles. The zero-order valence-corrected chi connectivity index (χ0v) is 12.6. The minimum absolute atomic E-state index is 0.294. The zero-order chi connectivity index (χ0) is 13.0. The van der Waals surface area contributed by atoms with E-state index in [0.29, 0.717) is 5.54 Å². The standard InChI is InChI=1S/C13H26N4S/c1-14-12(15-8-11-4-5-11)16-9-13(17(2)3)6-7-18-10-13/h11H,4-10H2,1-3H3,(H2,14,15,16). The van der Waals surface area contributed by atoms with Crippen LogP contribution in [-0.2, 0) is 0 Å². The van der Waals surface area contributed by atoms with Gasteiger partial charge >= 0.3 is 0 Å². The third-order valence-electron chi connectivity index (χ3n) is 4.09. The molecule has 0 bridgehead atoms. The third-order valence-corrected chi connectivity index (χ3v) is 5.33. The van der Waals surface area contributed by atoms with Crippen LogP contribution in [-0.4, -0.2) is 62.1 Å². The Morgan fingerprint density at radius 1 is 1.39 bits per heavy atom. The van der Waals surface area contributed by atoms with Crippen molar-refractivity contribution in [2.24, 2.45) is 10.9 Å². The lowest BCUT2D eigenvalue weighted by Crippen LogP contribution is -2.54. The van der Waals surface area contributed by atoms with Crippen molar-refractivity contribution in [1.29, 1.82) is 0 Å². The molecule has 1 atom stereocenters. The topological polar surface area (TPSA) is 39.7 Å². The summed E-state index contributed by atoms with van der Waals surface area (Å²) in [6, 6.07) is 0. The highest BCUT2D eigenvalue weighted by Gasteiger charge is 2.36. The lowest BCUT2D eigenvalue weighted by Gasteiger charge is -2.36. The van der Waals surface area contributed by atoms with Crippen LogP contribution in [0.5, 0.6) is 0 Å². The molecule has 0 aromatic carbocycles. The molecule has 0 spiro atoms. The number of aliphatic imine (C=N–C) groups is 1. The van der Waals surface area contributed by atoms with Gasteiger partial charge in [-0.3, -0.25) is 4.99 Å². The van der Waals surface area contributed by atoms with E-state index in [2.05, 4.69) is 46.4 Å². The van der Waals surface area contributed by atoms with E-state index in [-0.39, 0.29) is 0 Å². The number of hydrogen-bond acceptors (Lipinski definition) is 3. The molecule has 0 aromatic rings. The molecule has 1 unspecified atom stereocenters. The quantitative estimate of drug-likeness (QED) is 0.577. The summed E-state index contributed by atoms with van der Waals surface area (Å²) in [5, 5.41) is 6.93. The summed E-state index contributed by atoms with van der Waals surface area (Å²) in [5.74, 6) is 4.33. The monoisotopic (exact) mass is 270 g/mol. The molecular formula is C13H26N4S. The van der Waals surface area contributed by atoms with Crippen LogP contribution in [0, 0.1) is 5.92 Å². The Morgan fingerprint density at radius 2 is 2.17 bits per heavy atom. The summed E-state index contributed by atoms with van der Waals surface area (Å²) in [6.45, 7) is 2.06. The highest BCUT2D eigenvalue weighted by atomic mass is 32.2. The van der Waals surface area contributed by atoms with Gasteiger partial charge in [-0.1, -0.05) is 0 Å². The van der Waals surface area contributed by atoms with Gasteiger partial charge in [-0.25, -0.2) is 0 Å². The minimum atomic E-state index is 0.294. The van der Waals surface area contributed by atoms with E-state index < -0.39 is 0 Å². The van der Waals surface area contributed by atoms with E-state index in [0.717, 1.165) is 25.0 Å². The van der Waals surface area contributed by atoms with Gasteiger partial charge in [0.25, 0.3) is 0 Å². The summed E-state index contributed by atoms with van der Waals surface area (Å²) < 4.78 is 0. The summed E-state index contributed by atoms with van der Waals surface area (Å²) in [4.78, 5) is 6.68. The van der Waals surface area contributed by atoms with Gasteiger partial charge in [-0.15, -0.1) is 0 Å². The molecule has 2 N–H and O–H groups in total. The second kappa shape index (κ2) is 6.15. The maximum absolute atomic E-state index is 4.31. The van der Waals surface area contributed by atoms with E-state index in [9.17, 15) is 0 Å². The van der Waals surface area contributed by atoms with Crippen LogP contribution in [0.25, 0.3) is 0 Å². The molecule has 1 saturated carbocycles. The van der Waals surface area contributed by atoms with Gasteiger partial charge in [0.1, 0.15) is 0 Å². The molecule has 18 heavy (non-hydrogen) atoms. The average Bonchev–Trinajstić information content (AvgIpc) is 3.05. The first-order valence-corrected chi connectivity index (χ1v) is 8.01. The van der Waals surface area contributed by atoms with E-state index in [1.54, 1.807) is 0 Å². The Bertz CT molecular complexity index is 293. The van der Waals surface area contributed by atoms with Crippen molar-refractivity contribution < 1.29 is 0 Å². The summed E-state index contributed by atoms with van der Waals surface area (Å²) in [6.07, 6.45) is 4.02. The van der Waals surface area contributed by atoms with Gasteiger partial charge < -0.3 is 15.5 Å². The Hall–Kier alpha value is -0.420. The molecule has 1 aliphatic heterocycles. The van der Waals surface area contributed by atoms with Crippen LogP contribution in [0.2, 0.25) is 0 Å². The number of thioether (sulfide) groups is 1. The van der Waals surface area contributed by atoms with Gasteiger partial charge in [0.05, 0.1) is 0 Å². The van der Waals surface area contributed by atoms with E-state index in [4.69, 9.17) is 0 Å². The number of guanidine groups is 1. The lowest BCUT2D eigenvalue weighted by molar-refractivity contribution is 0.183. The number of nitrogens with one attached hydrogen (secondary N) is 2. The molecular weight excluding hydrogens is 244 g/mol. The van der Waals surface area contributed by atoms with Crippen LogP contribution < -0.4 is 10.6 Å². The molecule has 0 aromatic heterocycles. The van der Waals surface area contributed by atoms with Crippen LogP contribution in [0.1, 0.15) is 19.3 Å². The largest absolute Gasteiger partial charge is 0.356 e. The summed E-state index contributed by atoms with van der Waals surface area (Å²) in [5.41, 5.74) is 0.294. The molecule has 104 valence electrons. The number of hydrogen-bond donors (Lipinski definition) is 2. The van der Waals surface area contributed by atoms with Crippen molar-refractivity contribution in [2.75, 3.05) is 45.7 Å². The maximum Gasteiger partial charge on any atom is 0.191 e. The van der Waals surface area contributed by atoms with Crippen molar-refractivity contribution >= 4 is 17.7 Å². The van der Waals surface area contributed by atoms with Gasteiger partial charge in [0.2, 0.25) is 0 Å². The van der Waals surface area contributed by atoms with Crippen molar-refractivity contribution in [1.82, 2.24) is 15.5 Å². The SMILES string of the molecule is CN=C(NCC1CC1)NCC1(N(C)C)CCSC1. The second-order valence-electron chi connectivity index (χ2n) is 5.67. The second-order valence-corrected chi connectivity index (χ2v) is 6.78. The summed E-state index contributed by atoms with van der Waals surface area (Å²) in [7, 11) is 6.23. The summed E-state index contributed by atoms with van der Waals surface area (Å²) >= 11 is 2.05. The maximum atomic E-state index is 4.31. The van der Waals surface area contributed by atoms with Gasteiger partial charge in [-0.2, -0.15) is 11.8 Å². The molecule has 2 fully saturated rings. The first-order chi connectivity index (χ1) is 8.66. The number of rotatable bonds is 5. The molecule has 4 nitrogen and oxygen atoms in total. The van der Waals surface area contributed by atoms with Gasteiger partial charge in [0, 0.05) is 31.4 Å². The Labute approximate surface area is 115 Å². The van der Waals surface area contributed by atoms with Crippen LogP contribution in [0.4, 0.5) is 0 Å². The first kappa shape index (κ1) is 14.0. The van der Waals surface area contributed by atoms with E-state index in [1.165, 1.54) is 30.8 Å². The predicted octanol–water partition coefficient (Wildman–Crippen LogP) is 0.999. The zero-order valence-electron chi connectivity index (χ0n) is 11.8. The van der Waals surface area contributed by atoms with Crippen LogP contribution >= 0.6 is 11.8 Å². The predicted molar refractivity (Wildman–Crippen MR) is 80.4 cm³/mol. The molecule has 1 saturated heterocycles. The Morgan fingerprint density at radius 3 is 2.67 bits per heavy atom. The van der Waals surface area contributed by atoms with Gasteiger partial charge in [0.15, 0.2) is 5.96 Å². The molecule has 0 amide bonds. The Kier molecular flexibility index (Phi) is 4.78. The van der Waals surface area contributed by atoms with Crippen molar-refractivity contribution in [3.8, 4) is 0 Å². The number of likely N-dealkylation sites (N-methyl/N-ethyl adjacent to an activating group) is 1. The normalized spacial score (nSPS) is 28.8. The molecule has 0 radical (unpaired) electrons. The number of nitrogens with zero attached hydrogens (tertiary/aromatic N) is 2. The van der Waals surface area contributed by atoms with Crippen molar-refractivity contribution in [2.45, 2.75) is 24.8 Å². The van der Waals surface area contributed by atoms with Crippen LogP contribution in [0.15, 0.2) is 4.99 Å². The Balaban J connectivity index is 1.79. The van der Waals surface area contributed by atoms with E-state index in [1.807, 2.05) is 7.05 Å². The smallest absolute Gasteiger partial charge is 0.191 e. The highest BCUT2D eigenvalue weighted by molar-refractivity contribution is 7.99.